The minimum Gasteiger partial charge on any atom is -0.406 e. The zero-order valence-corrected chi connectivity index (χ0v) is 13.0. The minimum absolute atomic E-state index is 0.119. The Labute approximate surface area is 119 Å². The highest BCUT2D eigenvalue weighted by Crippen LogP contribution is 2.28. The molecule has 3 atom stereocenters. The summed E-state index contributed by atoms with van der Waals surface area (Å²) in [7, 11) is 0. The van der Waals surface area contributed by atoms with E-state index >= 15 is 0 Å². The van der Waals surface area contributed by atoms with Crippen molar-refractivity contribution < 1.29 is 4.42 Å². The summed E-state index contributed by atoms with van der Waals surface area (Å²) in [6, 6.07) is 1.22. The van der Waals surface area contributed by atoms with Gasteiger partial charge in [-0.2, -0.15) is 11.8 Å². The Kier molecular flexibility index (Phi) is 5.10. The van der Waals surface area contributed by atoms with Crippen LogP contribution in [0, 0.1) is 0 Å². The number of thioether (sulfide) groups is 1. The molecule has 108 valence electrons. The molecule has 0 aliphatic carbocycles. The normalized spacial score (nSPS) is 25.6. The van der Waals surface area contributed by atoms with Crippen LogP contribution in [0.4, 0.5) is 6.01 Å². The summed E-state index contributed by atoms with van der Waals surface area (Å²) in [6.45, 7) is 10.6. The lowest BCUT2D eigenvalue weighted by Gasteiger charge is -2.35. The van der Waals surface area contributed by atoms with E-state index in [9.17, 15) is 0 Å². The lowest BCUT2D eigenvalue weighted by Crippen LogP contribution is -2.44. The van der Waals surface area contributed by atoms with Crippen molar-refractivity contribution in [3.8, 4) is 0 Å². The van der Waals surface area contributed by atoms with Crippen LogP contribution in [-0.4, -0.2) is 40.3 Å². The number of anilines is 1. The van der Waals surface area contributed by atoms with Gasteiger partial charge >= 0.3 is 6.01 Å². The van der Waals surface area contributed by atoms with Gasteiger partial charge in [0.1, 0.15) is 0 Å². The summed E-state index contributed by atoms with van der Waals surface area (Å²) >= 11 is 2.00. The molecular formula is C13H24N4OS. The molecule has 1 saturated heterocycles. The molecule has 0 radical (unpaired) electrons. The number of rotatable bonds is 5. The average Bonchev–Trinajstić information content (AvgIpc) is 2.88. The van der Waals surface area contributed by atoms with Crippen molar-refractivity contribution in [3.05, 3.63) is 5.89 Å². The molecule has 6 heteroatoms. The lowest BCUT2D eigenvalue weighted by molar-refractivity contribution is 0.407. The monoisotopic (exact) mass is 284 g/mol. The predicted molar refractivity (Wildman–Crippen MR) is 79.7 cm³/mol. The van der Waals surface area contributed by atoms with Gasteiger partial charge in [-0.05, 0) is 26.8 Å². The number of aromatic nitrogens is 2. The highest BCUT2D eigenvalue weighted by Gasteiger charge is 2.29. The molecule has 2 heterocycles. The molecule has 1 N–H and O–H groups in total. The molecule has 19 heavy (non-hydrogen) atoms. The first-order chi connectivity index (χ1) is 9.13. The van der Waals surface area contributed by atoms with E-state index in [0.29, 0.717) is 23.2 Å². The van der Waals surface area contributed by atoms with E-state index in [1.54, 1.807) is 0 Å². The third-order valence-corrected chi connectivity index (χ3v) is 4.97. The second-order valence-electron chi connectivity index (χ2n) is 5.11. The van der Waals surface area contributed by atoms with E-state index in [2.05, 4.69) is 48.1 Å². The summed E-state index contributed by atoms with van der Waals surface area (Å²) in [5.41, 5.74) is 0. The van der Waals surface area contributed by atoms with E-state index in [1.165, 1.54) is 0 Å². The molecule has 1 fully saturated rings. The van der Waals surface area contributed by atoms with Gasteiger partial charge in [-0.25, -0.2) is 0 Å². The predicted octanol–water partition coefficient (Wildman–Crippen LogP) is 2.46. The van der Waals surface area contributed by atoms with Crippen LogP contribution in [0.1, 0.15) is 46.0 Å². The third-order valence-electron chi connectivity index (χ3n) is 3.63. The standard InChI is InChI=1S/C13H24N4OS/c1-5-6-14-9(2)12-15-16-13(18-12)17-7-8-19-11(4)10(17)3/h9-11,14H,5-8H2,1-4H3. The Morgan fingerprint density at radius 1 is 1.47 bits per heavy atom. The van der Waals surface area contributed by atoms with Gasteiger partial charge in [0.2, 0.25) is 5.89 Å². The highest BCUT2D eigenvalue weighted by atomic mass is 32.2. The van der Waals surface area contributed by atoms with E-state index in [4.69, 9.17) is 4.42 Å². The number of hydrogen-bond acceptors (Lipinski definition) is 6. The van der Waals surface area contributed by atoms with Gasteiger partial charge in [0.05, 0.1) is 6.04 Å². The van der Waals surface area contributed by atoms with Crippen LogP contribution in [0.5, 0.6) is 0 Å². The molecule has 0 bridgehead atoms. The van der Waals surface area contributed by atoms with Crippen LogP contribution in [0.3, 0.4) is 0 Å². The maximum absolute atomic E-state index is 5.83. The van der Waals surface area contributed by atoms with Crippen LogP contribution in [-0.2, 0) is 0 Å². The Morgan fingerprint density at radius 2 is 2.26 bits per heavy atom. The first-order valence-electron chi connectivity index (χ1n) is 7.08. The SMILES string of the molecule is CCCNC(C)c1nnc(N2CCSC(C)C2C)o1. The quantitative estimate of drug-likeness (QED) is 0.896. The van der Waals surface area contributed by atoms with Gasteiger partial charge < -0.3 is 14.6 Å². The van der Waals surface area contributed by atoms with Crippen molar-refractivity contribution in [2.24, 2.45) is 0 Å². The topological polar surface area (TPSA) is 54.2 Å². The number of hydrogen-bond donors (Lipinski definition) is 1. The molecule has 3 unspecified atom stereocenters. The molecule has 1 aliphatic heterocycles. The number of nitrogens with zero attached hydrogens (tertiary/aromatic N) is 3. The van der Waals surface area contributed by atoms with Crippen LogP contribution in [0.2, 0.25) is 0 Å². The Hall–Kier alpha value is -0.750. The molecule has 5 nitrogen and oxygen atoms in total. The van der Waals surface area contributed by atoms with E-state index in [0.717, 1.165) is 25.3 Å². The molecule has 1 aliphatic rings. The fourth-order valence-electron chi connectivity index (χ4n) is 2.17. The van der Waals surface area contributed by atoms with Gasteiger partial charge in [-0.1, -0.05) is 18.9 Å². The maximum atomic E-state index is 5.83. The van der Waals surface area contributed by atoms with E-state index in [-0.39, 0.29) is 6.04 Å². The molecular weight excluding hydrogens is 260 g/mol. The van der Waals surface area contributed by atoms with Gasteiger partial charge in [-0.15, -0.1) is 5.10 Å². The van der Waals surface area contributed by atoms with E-state index < -0.39 is 0 Å². The van der Waals surface area contributed by atoms with Gasteiger partial charge in [-0.3, -0.25) is 0 Å². The van der Waals surface area contributed by atoms with Crippen molar-refractivity contribution in [2.75, 3.05) is 23.7 Å². The van der Waals surface area contributed by atoms with Gasteiger partial charge in [0.25, 0.3) is 0 Å². The van der Waals surface area contributed by atoms with Crippen molar-refractivity contribution >= 4 is 17.8 Å². The summed E-state index contributed by atoms with van der Waals surface area (Å²) in [5.74, 6) is 1.80. The molecule has 1 aromatic rings. The van der Waals surface area contributed by atoms with Crippen LogP contribution in [0.25, 0.3) is 0 Å². The Balaban J connectivity index is 2.03. The Bertz CT molecular complexity index is 398. The fourth-order valence-corrected chi connectivity index (χ4v) is 3.27. The van der Waals surface area contributed by atoms with Crippen molar-refractivity contribution in [2.45, 2.75) is 51.4 Å². The first-order valence-corrected chi connectivity index (χ1v) is 8.13. The highest BCUT2D eigenvalue weighted by molar-refractivity contribution is 8.00. The summed E-state index contributed by atoms with van der Waals surface area (Å²) < 4.78 is 5.83. The molecule has 0 aromatic carbocycles. The second kappa shape index (κ2) is 6.61. The average molecular weight is 284 g/mol. The van der Waals surface area contributed by atoms with Gasteiger partial charge in [0.15, 0.2) is 0 Å². The zero-order chi connectivity index (χ0) is 13.8. The molecule has 2 rings (SSSR count). The molecule has 0 saturated carbocycles. The van der Waals surface area contributed by atoms with Crippen LogP contribution < -0.4 is 10.2 Å². The minimum atomic E-state index is 0.119. The molecule has 1 aromatic heterocycles. The third kappa shape index (κ3) is 3.42. The van der Waals surface area contributed by atoms with E-state index in [1.807, 2.05) is 11.8 Å². The molecule has 0 amide bonds. The smallest absolute Gasteiger partial charge is 0.318 e. The van der Waals surface area contributed by atoms with Crippen molar-refractivity contribution in [1.29, 1.82) is 0 Å². The number of nitrogens with one attached hydrogen (secondary N) is 1. The van der Waals surface area contributed by atoms with Gasteiger partial charge in [0, 0.05) is 23.6 Å². The summed E-state index contributed by atoms with van der Waals surface area (Å²) in [6.07, 6.45) is 1.10. The van der Waals surface area contributed by atoms with Crippen molar-refractivity contribution in [1.82, 2.24) is 15.5 Å². The largest absolute Gasteiger partial charge is 0.406 e. The van der Waals surface area contributed by atoms with Crippen molar-refractivity contribution in [3.63, 3.8) is 0 Å². The zero-order valence-electron chi connectivity index (χ0n) is 12.2. The molecule has 0 spiro atoms. The lowest BCUT2D eigenvalue weighted by atomic mass is 10.2. The van der Waals surface area contributed by atoms with Crippen LogP contribution >= 0.6 is 11.8 Å². The second-order valence-corrected chi connectivity index (χ2v) is 6.59. The van der Waals surface area contributed by atoms with Crippen LogP contribution in [0.15, 0.2) is 4.42 Å². The maximum Gasteiger partial charge on any atom is 0.318 e. The first kappa shape index (κ1) is 14.7. The fraction of sp³-hybridized carbons (Fsp3) is 0.846. The Morgan fingerprint density at radius 3 is 3.00 bits per heavy atom. The summed E-state index contributed by atoms with van der Waals surface area (Å²) in [5, 5.41) is 12.4. The summed E-state index contributed by atoms with van der Waals surface area (Å²) in [4.78, 5) is 2.23.